The van der Waals surface area contributed by atoms with Crippen molar-refractivity contribution in [1.82, 2.24) is 44.7 Å². The second-order valence-electron chi connectivity index (χ2n) is 14.9. The number of likely N-dealkylation sites (tertiary alicyclic amines) is 1. The van der Waals surface area contributed by atoms with Crippen LogP contribution in [0.2, 0.25) is 0 Å². The fraction of sp³-hybridized carbons (Fsp3) is 0.489. The van der Waals surface area contributed by atoms with Crippen LogP contribution < -0.4 is 10.1 Å². The Morgan fingerprint density at radius 2 is 1.54 bits per heavy atom. The van der Waals surface area contributed by atoms with Crippen LogP contribution in [0.4, 0.5) is 0 Å². The highest BCUT2D eigenvalue weighted by Gasteiger charge is 2.30. The molecule has 0 radical (unpaired) electrons. The third-order valence-electron chi connectivity index (χ3n) is 10.9. The average Bonchev–Trinajstić information content (AvgIpc) is 3.98. The summed E-state index contributed by atoms with van der Waals surface area (Å²) in [5.74, 6) is 1.82. The zero-order valence-corrected chi connectivity index (χ0v) is 35.9. The monoisotopic (exact) mass is 864 g/mol. The molecule has 0 bridgehead atoms. The number of carbonyl (C=O) groups is 3. The molecule has 2 saturated heterocycles. The zero-order valence-electron chi connectivity index (χ0n) is 35.9. The number of ether oxygens (including phenoxy) is 5. The predicted molar refractivity (Wildman–Crippen MR) is 233 cm³/mol. The number of terminal acetylenes is 1. The molecule has 1 aromatic carbocycles. The molecular weight excluding hydrogens is 809 g/mol. The highest BCUT2D eigenvalue weighted by Crippen LogP contribution is 2.33. The number of benzene rings is 1. The fourth-order valence-corrected chi connectivity index (χ4v) is 7.49. The van der Waals surface area contributed by atoms with E-state index in [1.165, 1.54) is 35.4 Å². The highest BCUT2D eigenvalue weighted by atomic mass is 16.6. The summed E-state index contributed by atoms with van der Waals surface area (Å²) >= 11 is 0. The van der Waals surface area contributed by atoms with Gasteiger partial charge in [-0.15, -0.1) is 11.5 Å². The quantitative estimate of drug-likeness (QED) is 0.0342. The maximum absolute atomic E-state index is 13.7. The van der Waals surface area contributed by atoms with Crippen LogP contribution in [0.15, 0.2) is 54.6 Å². The first-order chi connectivity index (χ1) is 30.9. The SMILES string of the molecule is C#CCOCCOCCOCCOCCN1CCN(CCCNC(=O)Cc2ncn(-c3ncc(OC)c4c(C(=O)C(=O)N5CCC(=C(C#N)c6ccccc6)CC5)c[nH]c34)n2)CC1. The largest absolute Gasteiger partial charge is 0.494 e. The smallest absolute Gasteiger partial charge is 0.295 e. The van der Waals surface area contributed by atoms with Crippen molar-refractivity contribution >= 4 is 34.1 Å². The number of hydrogen-bond acceptors (Lipinski definition) is 14. The molecule has 0 spiro atoms. The van der Waals surface area contributed by atoms with Crippen LogP contribution in [-0.2, 0) is 35.0 Å². The number of aromatic amines is 1. The Balaban J connectivity index is 0.893. The number of aromatic nitrogens is 5. The van der Waals surface area contributed by atoms with Gasteiger partial charge < -0.3 is 43.8 Å². The number of nitrogens with one attached hydrogen (secondary N) is 2. The van der Waals surface area contributed by atoms with Crippen LogP contribution in [0.5, 0.6) is 5.75 Å². The van der Waals surface area contributed by atoms with Gasteiger partial charge in [0.05, 0.1) is 94.1 Å². The van der Waals surface area contributed by atoms with Gasteiger partial charge in [0.15, 0.2) is 11.6 Å². The molecule has 4 aromatic rings. The van der Waals surface area contributed by atoms with Gasteiger partial charge in [-0.25, -0.2) is 14.6 Å². The molecule has 63 heavy (non-hydrogen) atoms. The number of piperazine rings is 1. The molecule has 18 heteroatoms. The summed E-state index contributed by atoms with van der Waals surface area (Å²) in [6.07, 6.45) is 11.3. The summed E-state index contributed by atoms with van der Waals surface area (Å²) in [5, 5.41) is 17.7. The first kappa shape index (κ1) is 46.5. The molecule has 0 unspecified atom stereocenters. The van der Waals surface area contributed by atoms with Crippen molar-refractivity contribution in [3.8, 4) is 30.0 Å². The van der Waals surface area contributed by atoms with Crippen LogP contribution in [-0.4, -0.2) is 176 Å². The number of hydrogen-bond donors (Lipinski definition) is 2. The van der Waals surface area contributed by atoms with Crippen LogP contribution in [0.3, 0.4) is 0 Å². The second kappa shape index (κ2) is 24.6. The van der Waals surface area contributed by atoms with Crippen molar-refractivity contribution in [2.75, 3.05) is 119 Å². The van der Waals surface area contributed by atoms with E-state index in [9.17, 15) is 19.6 Å². The molecular formula is C45H56N10O8. The van der Waals surface area contributed by atoms with Gasteiger partial charge in [0.1, 0.15) is 18.7 Å². The number of amides is 2. The molecule has 2 aliphatic rings. The summed E-state index contributed by atoms with van der Waals surface area (Å²) in [4.78, 5) is 58.4. The van der Waals surface area contributed by atoms with Crippen molar-refractivity contribution in [2.45, 2.75) is 25.7 Å². The fourth-order valence-electron chi connectivity index (χ4n) is 7.49. The normalized spacial score (nSPS) is 14.7. The molecule has 5 heterocycles. The predicted octanol–water partition coefficient (Wildman–Crippen LogP) is 2.30. The topological polar surface area (TPSA) is 202 Å². The lowest BCUT2D eigenvalue weighted by atomic mass is 9.93. The first-order valence-corrected chi connectivity index (χ1v) is 21.3. The number of nitriles is 1. The minimum absolute atomic E-state index is 0.0193. The first-order valence-electron chi connectivity index (χ1n) is 21.3. The minimum Gasteiger partial charge on any atom is -0.494 e. The molecule has 334 valence electrons. The number of nitrogens with zero attached hydrogens (tertiary/aromatic N) is 8. The Hall–Kier alpha value is -5.99. The van der Waals surface area contributed by atoms with Gasteiger partial charge in [-0.3, -0.25) is 19.3 Å². The maximum Gasteiger partial charge on any atom is 0.295 e. The molecule has 0 atom stereocenters. The number of H-pyrrole nitrogens is 1. The zero-order chi connectivity index (χ0) is 44.2. The van der Waals surface area contributed by atoms with E-state index in [2.05, 4.69) is 47.2 Å². The Bertz CT molecular complexity index is 2230. The van der Waals surface area contributed by atoms with E-state index in [0.29, 0.717) is 119 Å². The van der Waals surface area contributed by atoms with Crippen molar-refractivity contribution in [1.29, 1.82) is 5.26 Å². The molecule has 2 fully saturated rings. The lowest BCUT2D eigenvalue weighted by molar-refractivity contribution is -0.126. The molecule has 2 aliphatic heterocycles. The van der Waals surface area contributed by atoms with Gasteiger partial charge in [0, 0.05) is 58.6 Å². The number of fused-ring (bicyclic) bond motifs is 1. The Labute approximate surface area is 367 Å². The summed E-state index contributed by atoms with van der Waals surface area (Å²) in [7, 11) is 1.46. The van der Waals surface area contributed by atoms with E-state index in [0.717, 1.165) is 56.8 Å². The summed E-state index contributed by atoms with van der Waals surface area (Å²) < 4.78 is 28.8. The van der Waals surface area contributed by atoms with Crippen molar-refractivity contribution < 1.29 is 38.1 Å². The molecule has 2 N–H and O–H groups in total. The number of piperidine rings is 1. The number of carbonyl (C=O) groups excluding carboxylic acids is 3. The van der Waals surface area contributed by atoms with E-state index in [-0.39, 0.29) is 17.9 Å². The molecule has 0 saturated carbocycles. The number of allylic oxidation sites excluding steroid dienone is 1. The molecule has 18 nitrogen and oxygen atoms in total. The Kier molecular flexibility index (Phi) is 18.2. The molecule has 6 rings (SSSR count). The summed E-state index contributed by atoms with van der Waals surface area (Å²) in [5.41, 5.74) is 2.98. The van der Waals surface area contributed by atoms with E-state index < -0.39 is 11.7 Å². The van der Waals surface area contributed by atoms with Crippen molar-refractivity contribution in [3.63, 3.8) is 0 Å². The van der Waals surface area contributed by atoms with Crippen LogP contribution in [0, 0.1) is 23.7 Å². The summed E-state index contributed by atoms with van der Waals surface area (Å²) in [6, 6.07) is 11.8. The van der Waals surface area contributed by atoms with Gasteiger partial charge in [0.2, 0.25) is 5.91 Å². The third-order valence-corrected chi connectivity index (χ3v) is 10.9. The van der Waals surface area contributed by atoms with E-state index in [4.69, 9.17) is 30.1 Å². The summed E-state index contributed by atoms with van der Waals surface area (Å²) in [6.45, 7) is 10.8. The van der Waals surface area contributed by atoms with Gasteiger partial charge in [-0.2, -0.15) is 5.26 Å². The number of methoxy groups -OCH3 is 1. The molecule has 3 aromatic heterocycles. The average molecular weight is 865 g/mol. The maximum atomic E-state index is 13.7. The van der Waals surface area contributed by atoms with E-state index >= 15 is 0 Å². The number of Topliss-reactive ketones (excluding diaryl/α,β-unsaturated/α-hetero) is 1. The van der Waals surface area contributed by atoms with Gasteiger partial charge in [-0.1, -0.05) is 36.3 Å². The lowest BCUT2D eigenvalue weighted by Gasteiger charge is -2.34. The minimum atomic E-state index is -0.691. The van der Waals surface area contributed by atoms with Gasteiger partial charge in [0.25, 0.3) is 11.7 Å². The van der Waals surface area contributed by atoms with Gasteiger partial charge >= 0.3 is 0 Å². The number of pyridine rings is 1. The van der Waals surface area contributed by atoms with Crippen LogP contribution >= 0.6 is 0 Å². The Morgan fingerprint density at radius 3 is 2.21 bits per heavy atom. The van der Waals surface area contributed by atoms with Crippen LogP contribution in [0.25, 0.3) is 22.3 Å². The van der Waals surface area contributed by atoms with Crippen LogP contribution in [0.1, 0.15) is 41.0 Å². The standard InChI is InChI=1S/C45H56N10O8/c1-3-21-60-23-25-62-27-28-63-26-24-61-22-20-53-18-16-52(17-19-53)13-7-12-47-40(56)29-39-50-33-55(51-39)44-42-41(38(59-2)32-49-44)37(31-48-42)43(57)45(58)54-14-10-35(11-15-54)36(30-46)34-8-5-4-6-9-34/h1,4-6,8-9,31-33,48H,7,10-29H2,2H3,(H,47,56). The molecule has 0 aliphatic carbocycles. The van der Waals surface area contributed by atoms with Crippen molar-refractivity contribution in [2.24, 2.45) is 0 Å². The van der Waals surface area contributed by atoms with E-state index in [1.54, 1.807) is 0 Å². The lowest BCUT2D eigenvalue weighted by Crippen LogP contribution is -2.47. The van der Waals surface area contributed by atoms with Crippen molar-refractivity contribution in [3.05, 3.63) is 71.6 Å². The number of rotatable bonds is 24. The van der Waals surface area contributed by atoms with Gasteiger partial charge in [-0.05, 0) is 36.9 Å². The number of ketones is 1. The van der Waals surface area contributed by atoms with E-state index in [1.807, 2.05) is 30.3 Å². The Morgan fingerprint density at radius 1 is 0.873 bits per heavy atom. The third kappa shape index (κ3) is 13.3. The molecule has 2 amide bonds. The second-order valence-corrected chi connectivity index (χ2v) is 14.9. The highest BCUT2D eigenvalue weighted by molar-refractivity contribution is 6.45.